The molecular formula is C23H20BrN3O3. The first-order valence-corrected chi connectivity index (χ1v) is 10.4. The van der Waals surface area contributed by atoms with Gasteiger partial charge in [0.05, 0.1) is 17.2 Å². The van der Waals surface area contributed by atoms with Crippen LogP contribution in [0.15, 0.2) is 75.4 Å². The number of nitrogens with zero attached hydrogens (tertiary/aromatic N) is 1. The van der Waals surface area contributed by atoms with E-state index in [0.29, 0.717) is 35.8 Å². The van der Waals surface area contributed by atoms with Gasteiger partial charge in [-0.3, -0.25) is 9.59 Å². The van der Waals surface area contributed by atoms with Gasteiger partial charge in [0.2, 0.25) is 0 Å². The Labute approximate surface area is 182 Å². The lowest BCUT2D eigenvalue weighted by atomic mass is 9.94. The molecule has 152 valence electrons. The second-order valence-corrected chi connectivity index (χ2v) is 7.99. The van der Waals surface area contributed by atoms with Crippen molar-refractivity contribution in [1.82, 2.24) is 15.8 Å². The van der Waals surface area contributed by atoms with Gasteiger partial charge in [-0.2, -0.15) is 0 Å². The zero-order chi connectivity index (χ0) is 21.1. The van der Waals surface area contributed by atoms with Crippen LogP contribution in [0, 0.1) is 12.8 Å². The third kappa shape index (κ3) is 4.21. The number of halogens is 1. The minimum absolute atomic E-state index is 0.120. The second-order valence-electron chi connectivity index (χ2n) is 7.07. The highest BCUT2D eigenvalue weighted by molar-refractivity contribution is 9.10. The molecule has 1 aliphatic heterocycles. The van der Waals surface area contributed by atoms with E-state index in [-0.39, 0.29) is 11.7 Å². The molecule has 0 saturated heterocycles. The number of amides is 1. The summed E-state index contributed by atoms with van der Waals surface area (Å²) in [5.41, 5.74) is 3.18. The van der Waals surface area contributed by atoms with Crippen molar-refractivity contribution in [1.29, 1.82) is 0 Å². The highest BCUT2D eigenvalue weighted by Crippen LogP contribution is 2.29. The van der Waals surface area contributed by atoms with Crippen molar-refractivity contribution in [3.05, 3.63) is 87.7 Å². The Morgan fingerprint density at radius 3 is 2.63 bits per heavy atom. The third-order valence-electron chi connectivity index (χ3n) is 4.98. The van der Waals surface area contributed by atoms with Gasteiger partial charge in [-0.15, -0.1) is 0 Å². The van der Waals surface area contributed by atoms with Gasteiger partial charge in [0.25, 0.3) is 5.91 Å². The maximum atomic E-state index is 13.2. The van der Waals surface area contributed by atoms with Crippen LogP contribution in [0.5, 0.6) is 0 Å². The number of carbonyl (C=O) groups is 2. The molecule has 4 rings (SSSR count). The first kappa shape index (κ1) is 20.1. The van der Waals surface area contributed by atoms with Crippen molar-refractivity contribution in [2.24, 2.45) is 5.92 Å². The first-order valence-electron chi connectivity index (χ1n) is 9.57. The van der Waals surface area contributed by atoms with Gasteiger partial charge in [0.15, 0.2) is 5.78 Å². The molecule has 2 aromatic carbocycles. The number of nitrogens with one attached hydrogen (secondary N) is 2. The summed E-state index contributed by atoms with van der Waals surface area (Å²) >= 11 is 3.41. The molecule has 3 aromatic rings. The zero-order valence-electron chi connectivity index (χ0n) is 16.3. The number of rotatable bonds is 6. The quantitative estimate of drug-likeness (QED) is 0.537. The van der Waals surface area contributed by atoms with E-state index in [4.69, 9.17) is 4.52 Å². The second kappa shape index (κ2) is 8.67. The van der Waals surface area contributed by atoms with Crippen molar-refractivity contribution in [3.8, 4) is 11.3 Å². The van der Waals surface area contributed by atoms with Gasteiger partial charge in [0, 0.05) is 23.1 Å². The SMILES string of the molecule is Cc1onc(-c2ccc(Br)cc2)c1C(=O)C1C=C(C(=O)NCc2ccccc2)NC1. The smallest absolute Gasteiger partial charge is 0.267 e. The fraction of sp³-hybridized carbons (Fsp3) is 0.174. The third-order valence-corrected chi connectivity index (χ3v) is 5.51. The number of hydrogen-bond donors (Lipinski definition) is 2. The van der Waals surface area contributed by atoms with E-state index in [1.54, 1.807) is 13.0 Å². The lowest BCUT2D eigenvalue weighted by Gasteiger charge is -2.07. The van der Waals surface area contributed by atoms with Crippen LogP contribution < -0.4 is 10.6 Å². The van der Waals surface area contributed by atoms with E-state index >= 15 is 0 Å². The highest BCUT2D eigenvalue weighted by atomic mass is 79.9. The molecule has 1 amide bonds. The topological polar surface area (TPSA) is 84.2 Å². The molecule has 30 heavy (non-hydrogen) atoms. The Hall–Kier alpha value is -3.19. The van der Waals surface area contributed by atoms with Crippen molar-refractivity contribution in [3.63, 3.8) is 0 Å². The predicted octanol–water partition coefficient (Wildman–Crippen LogP) is 4.01. The summed E-state index contributed by atoms with van der Waals surface area (Å²) in [6.45, 7) is 2.51. The van der Waals surface area contributed by atoms with E-state index in [2.05, 4.69) is 31.7 Å². The van der Waals surface area contributed by atoms with Crippen molar-refractivity contribution < 1.29 is 14.1 Å². The van der Waals surface area contributed by atoms with Crippen LogP contribution in [0.25, 0.3) is 11.3 Å². The minimum atomic E-state index is -0.463. The average Bonchev–Trinajstić information content (AvgIpc) is 3.40. The summed E-state index contributed by atoms with van der Waals surface area (Å²) in [7, 11) is 0. The molecule has 2 N–H and O–H groups in total. The molecule has 6 nitrogen and oxygen atoms in total. The van der Waals surface area contributed by atoms with Crippen molar-refractivity contribution in [2.75, 3.05) is 6.54 Å². The zero-order valence-corrected chi connectivity index (χ0v) is 17.9. The number of hydrogen-bond acceptors (Lipinski definition) is 5. The molecule has 0 spiro atoms. The molecule has 0 radical (unpaired) electrons. The van der Waals surface area contributed by atoms with Gasteiger partial charge in [-0.25, -0.2) is 0 Å². The summed E-state index contributed by atoms with van der Waals surface area (Å²) in [5.74, 6) is -0.350. The Kier molecular flexibility index (Phi) is 5.81. The van der Waals surface area contributed by atoms with E-state index in [1.807, 2.05) is 54.6 Å². The van der Waals surface area contributed by atoms with Gasteiger partial charge < -0.3 is 15.2 Å². The molecule has 1 atom stereocenters. The number of carbonyl (C=O) groups excluding carboxylic acids is 2. The van der Waals surface area contributed by atoms with Crippen LogP contribution in [0.3, 0.4) is 0 Å². The molecule has 1 aromatic heterocycles. The molecule has 1 unspecified atom stereocenters. The standard InChI is InChI=1S/C23H20BrN3O3/c1-14-20(21(27-30-14)16-7-9-18(24)10-8-16)22(28)17-11-19(25-13-17)23(29)26-12-15-5-3-2-4-6-15/h2-11,17,25H,12-13H2,1H3,(H,26,29). The molecule has 1 aliphatic rings. The van der Waals surface area contributed by atoms with Crippen molar-refractivity contribution in [2.45, 2.75) is 13.5 Å². The summed E-state index contributed by atoms with van der Waals surface area (Å²) in [5, 5.41) is 10.0. The van der Waals surface area contributed by atoms with Gasteiger partial charge in [-0.05, 0) is 30.7 Å². The monoisotopic (exact) mass is 465 g/mol. The van der Waals surface area contributed by atoms with E-state index < -0.39 is 5.92 Å². The van der Waals surface area contributed by atoms with Crippen molar-refractivity contribution >= 4 is 27.6 Å². The minimum Gasteiger partial charge on any atom is -0.380 e. The molecule has 2 heterocycles. The predicted molar refractivity (Wildman–Crippen MR) is 117 cm³/mol. The maximum absolute atomic E-state index is 13.2. The van der Waals surface area contributed by atoms with Crippen LogP contribution >= 0.6 is 15.9 Å². The number of aromatic nitrogens is 1. The van der Waals surface area contributed by atoms with Crippen LogP contribution in [0.2, 0.25) is 0 Å². The van der Waals surface area contributed by atoms with Gasteiger partial charge >= 0.3 is 0 Å². The lowest BCUT2D eigenvalue weighted by Crippen LogP contribution is -2.29. The Bertz CT molecular complexity index is 1100. The highest BCUT2D eigenvalue weighted by Gasteiger charge is 2.31. The molecule has 0 saturated carbocycles. The van der Waals surface area contributed by atoms with E-state index in [0.717, 1.165) is 15.6 Å². The lowest BCUT2D eigenvalue weighted by molar-refractivity contribution is -0.117. The number of aryl methyl sites for hydroxylation is 1. The Morgan fingerprint density at radius 2 is 1.90 bits per heavy atom. The first-order chi connectivity index (χ1) is 14.5. The summed E-state index contributed by atoms with van der Waals surface area (Å²) in [4.78, 5) is 25.7. The van der Waals surface area contributed by atoms with Crippen LogP contribution in [-0.4, -0.2) is 23.4 Å². The normalized spacial score (nSPS) is 15.4. The summed E-state index contributed by atoms with van der Waals surface area (Å²) < 4.78 is 6.26. The molecule has 0 aliphatic carbocycles. The van der Waals surface area contributed by atoms with Crippen LogP contribution in [0.4, 0.5) is 0 Å². The fourth-order valence-corrected chi connectivity index (χ4v) is 3.65. The largest absolute Gasteiger partial charge is 0.380 e. The molecule has 7 heteroatoms. The maximum Gasteiger partial charge on any atom is 0.267 e. The number of ketones is 1. The number of Topliss-reactive ketones (excluding diaryl/α,β-unsaturated/α-hetero) is 1. The Balaban J connectivity index is 1.49. The van der Waals surface area contributed by atoms with Crippen LogP contribution in [-0.2, 0) is 11.3 Å². The summed E-state index contributed by atoms with van der Waals surface area (Å²) in [6, 6.07) is 17.2. The Morgan fingerprint density at radius 1 is 1.17 bits per heavy atom. The van der Waals surface area contributed by atoms with Gasteiger partial charge in [-0.1, -0.05) is 63.6 Å². The van der Waals surface area contributed by atoms with Crippen LogP contribution in [0.1, 0.15) is 21.7 Å². The van der Waals surface area contributed by atoms with E-state index in [9.17, 15) is 9.59 Å². The fourth-order valence-electron chi connectivity index (χ4n) is 3.39. The number of benzene rings is 2. The molecule has 0 fully saturated rings. The average molecular weight is 466 g/mol. The van der Waals surface area contributed by atoms with Gasteiger partial charge in [0.1, 0.15) is 11.5 Å². The van der Waals surface area contributed by atoms with E-state index in [1.165, 1.54) is 0 Å². The molecule has 0 bridgehead atoms. The molecular weight excluding hydrogens is 446 g/mol. The summed E-state index contributed by atoms with van der Waals surface area (Å²) in [6.07, 6.45) is 1.68.